The maximum atomic E-state index is 11.1. The van der Waals surface area contributed by atoms with Crippen LogP contribution in [0.15, 0.2) is 0 Å². The van der Waals surface area contributed by atoms with Gasteiger partial charge in [-0.2, -0.15) is 0 Å². The standard InChI is InChI=1S/C9H7N3O8/c1-3-6(10(15)16)4(2)8(12(19)20)5(9(13)14)7(3)11(17)18/h1-2H3,(H,13,14). The van der Waals surface area contributed by atoms with Gasteiger partial charge in [-0.05, 0) is 13.8 Å². The number of benzene rings is 1. The number of carboxylic acids is 1. The lowest BCUT2D eigenvalue weighted by molar-refractivity contribution is -0.405. The molecule has 0 unspecified atom stereocenters. The van der Waals surface area contributed by atoms with Gasteiger partial charge in [0.1, 0.15) is 11.1 Å². The minimum absolute atomic E-state index is 0.541. The molecular formula is C9H7N3O8. The third kappa shape index (κ3) is 2.11. The summed E-state index contributed by atoms with van der Waals surface area (Å²) in [5.74, 6) is -1.90. The molecule has 0 aliphatic heterocycles. The van der Waals surface area contributed by atoms with E-state index in [-0.39, 0.29) is 0 Å². The average Bonchev–Trinajstić information content (AvgIpc) is 2.25. The van der Waals surface area contributed by atoms with Crippen molar-refractivity contribution >= 4 is 23.0 Å². The van der Waals surface area contributed by atoms with Crippen LogP contribution >= 0.6 is 0 Å². The van der Waals surface area contributed by atoms with Crippen LogP contribution in [-0.4, -0.2) is 25.8 Å². The van der Waals surface area contributed by atoms with Crippen molar-refractivity contribution in [2.45, 2.75) is 13.8 Å². The molecule has 0 saturated heterocycles. The Morgan fingerprint density at radius 2 is 1.15 bits per heavy atom. The van der Waals surface area contributed by atoms with E-state index >= 15 is 0 Å². The van der Waals surface area contributed by atoms with E-state index in [1.54, 1.807) is 0 Å². The summed E-state index contributed by atoms with van der Waals surface area (Å²) >= 11 is 0. The number of nitro benzene ring substituents is 3. The van der Waals surface area contributed by atoms with Crippen LogP contribution in [0.2, 0.25) is 0 Å². The van der Waals surface area contributed by atoms with E-state index in [0.29, 0.717) is 0 Å². The molecule has 0 heterocycles. The third-order valence-electron chi connectivity index (χ3n) is 2.66. The Morgan fingerprint density at radius 1 is 0.850 bits per heavy atom. The number of carbonyl (C=O) groups is 1. The van der Waals surface area contributed by atoms with Crippen LogP contribution in [0.1, 0.15) is 21.5 Å². The quantitative estimate of drug-likeness (QED) is 0.644. The first-order valence-electron chi connectivity index (χ1n) is 4.94. The molecule has 11 heteroatoms. The van der Waals surface area contributed by atoms with Crippen molar-refractivity contribution in [1.29, 1.82) is 0 Å². The Morgan fingerprint density at radius 3 is 1.35 bits per heavy atom. The molecule has 0 spiro atoms. The van der Waals surface area contributed by atoms with Crippen molar-refractivity contribution in [3.8, 4) is 0 Å². The van der Waals surface area contributed by atoms with Crippen LogP contribution in [0, 0.1) is 44.2 Å². The normalized spacial score (nSPS) is 10.1. The number of nitrogens with zero attached hydrogens (tertiary/aromatic N) is 3. The summed E-state index contributed by atoms with van der Waals surface area (Å²) in [7, 11) is 0. The molecular weight excluding hydrogens is 278 g/mol. The van der Waals surface area contributed by atoms with E-state index in [2.05, 4.69) is 0 Å². The van der Waals surface area contributed by atoms with Crippen LogP contribution in [0.3, 0.4) is 0 Å². The maximum Gasteiger partial charge on any atom is 0.349 e. The lowest BCUT2D eigenvalue weighted by Gasteiger charge is -2.07. The van der Waals surface area contributed by atoms with Gasteiger partial charge in [0.25, 0.3) is 5.69 Å². The van der Waals surface area contributed by atoms with Crippen molar-refractivity contribution in [2.75, 3.05) is 0 Å². The highest BCUT2D eigenvalue weighted by Crippen LogP contribution is 2.41. The highest BCUT2D eigenvalue weighted by molar-refractivity contribution is 5.99. The van der Waals surface area contributed by atoms with Gasteiger partial charge in [0.2, 0.25) is 5.56 Å². The Balaban J connectivity index is 4.12. The molecule has 0 atom stereocenters. The molecule has 0 fully saturated rings. The fraction of sp³-hybridized carbons (Fsp3) is 0.222. The summed E-state index contributed by atoms with van der Waals surface area (Å²) in [6.45, 7) is 1.94. The zero-order valence-electron chi connectivity index (χ0n) is 10.1. The Labute approximate surface area is 109 Å². The number of hydrogen-bond acceptors (Lipinski definition) is 7. The van der Waals surface area contributed by atoms with Crippen molar-refractivity contribution in [3.05, 3.63) is 47.0 Å². The minimum atomic E-state index is -1.90. The average molecular weight is 285 g/mol. The van der Waals surface area contributed by atoms with E-state index in [0.717, 1.165) is 13.8 Å². The van der Waals surface area contributed by atoms with Crippen LogP contribution in [0.4, 0.5) is 17.1 Å². The van der Waals surface area contributed by atoms with Gasteiger partial charge in [-0.15, -0.1) is 0 Å². The minimum Gasteiger partial charge on any atom is -0.477 e. The zero-order chi connectivity index (χ0) is 15.8. The fourth-order valence-electron chi connectivity index (χ4n) is 1.93. The molecule has 0 aliphatic rings. The third-order valence-corrected chi connectivity index (χ3v) is 2.66. The largest absolute Gasteiger partial charge is 0.477 e. The Bertz CT molecular complexity index is 625. The first-order chi connectivity index (χ1) is 9.11. The SMILES string of the molecule is Cc1c([N+](=O)[O-])c(C)c([N+](=O)[O-])c(C(=O)O)c1[N+](=O)[O-]. The van der Waals surface area contributed by atoms with E-state index < -0.39 is 54.5 Å². The van der Waals surface area contributed by atoms with Crippen molar-refractivity contribution in [2.24, 2.45) is 0 Å². The van der Waals surface area contributed by atoms with Crippen LogP contribution in [0.5, 0.6) is 0 Å². The summed E-state index contributed by atoms with van der Waals surface area (Å²) in [5.41, 5.74) is -5.39. The van der Waals surface area contributed by atoms with E-state index in [1.807, 2.05) is 0 Å². The number of nitro groups is 3. The van der Waals surface area contributed by atoms with Crippen LogP contribution < -0.4 is 0 Å². The Hall–Kier alpha value is -3.11. The zero-order valence-corrected chi connectivity index (χ0v) is 10.1. The topological polar surface area (TPSA) is 167 Å². The van der Waals surface area contributed by atoms with Crippen molar-refractivity contribution < 1.29 is 24.7 Å². The van der Waals surface area contributed by atoms with Gasteiger partial charge >= 0.3 is 17.3 Å². The number of rotatable bonds is 4. The van der Waals surface area contributed by atoms with E-state index in [4.69, 9.17) is 5.11 Å². The van der Waals surface area contributed by atoms with Gasteiger partial charge in [-0.1, -0.05) is 0 Å². The molecule has 11 nitrogen and oxygen atoms in total. The molecule has 1 rings (SSSR count). The molecule has 106 valence electrons. The van der Waals surface area contributed by atoms with Gasteiger partial charge in [0.05, 0.1) is 14.8 Å². The predicted octanol–water partition coefficient (Wildman–Crippen LogP) is 1.73. The first-order valence-corrected chi connectivity index (χ1v) is 4.94. The highest BCUT2D eigenvalue weighted by atomic mass is 16.6. The summed E-state index contributed by atoms with van der Waals surface area (Å²) < 4.78 is 0. The number of hydrogen-bond donors (Lipinski definition) is 1. The molecule has 0 aromatic heterocycles. The molecule has 0 radical (unpaired) electrons. The summed E-state index contributed by atoms with van der Waals surface area (Å²) in [4.78, 5) is 40.4. The number of carboxylic acid groups (broad SMARTS) is 1. The van der Waals surface area contributed by atoms with Gasteiger partial charge in [0.15, 0.2) is 0 Å². The van der Waals surface area contributed by atoms with Crippen molar-refractivity contribution in [3.63, 3.8) is 0 Å². The monoisotopic (exact) mass is 285 g/mol. The summed E-state index contributed by atoms with van der Waals surface area (Å²) in [6.07, 6.45) is 0. The van der Waals surface area contributed by atoms with Gasteiger partial charge in [-0.3, -0.25) is 30.3 Å². The molecule has 1 aromatic carbocycles. The summed E-state index contributed by atoms with van der Waals surface area (Å²) in [6, 6.07) is 0. The molecule has 0 amide bonds. The van der Waals surface area contributed by atoms with Crippen LogP contribution in [-0.2, 0) is 0 Å². The lowest BCUT2D eigenvalue weighted by Crippen LogP contribution is -2.12. The summed E-state index contributed by atoms with van der Waals surface area (Å²) in [5, 5.41) is 41.6. The highest BCUT2D eigenvalue weighted by Gasteiger charge is 2.41. The van der Waals surface area contributed by atoms with E-state index in [1.165, 1.54) is 0 Å². The molecule has 20 heavy (non-hydrogen) atoms. The number of aromatic carboxylic acids is 1. The van der Waals surface area contributed by atoms with Gasteiger partial charge < -0.3 is 5.11 Å². The fourth-order valence-corrected chi connectivity index (χ4v) is 1.93. The molecule has 0 bridgehead atoms. The van der Waals surface area contributed by atoms with E-state index in [9.17, 15) is 35.1 Å². The molecule has 1 aromatic rings. The first kappa shape index (κ1) is 14.9. The lowest BCUT2D eigenvalue weighted by atomic mass is 9.98. The van der Waals surface area contributed by atoms with Gasteiger partial charge in [-0.25, -0.2) is 4.79 Å². The second-order valence-corrected chi connectivity index (χ2v) is 3.75. The second kappa shape index (κ2) is 4.87. The Kier molecular flexibility index (Phi) is 3.64. The van der Waals surface area contributed by atoms with Crippen LogP contribution in [0.25, 0.3) is 0 Å². The van der Waals surface area contributed by atoms with Gasteiger partial charge in [0, 0.05) is 0 Å². The smallest absolute Gasteiger partial charge is 0.349 e. The second-order valence-electron chi connectivity index (χ2n) is 3.75. The van der Waals surface area contributed by atoms with Crippen molar-refractivity contribution in [1.82, 2.24) is 0 Å². The molecule has 0 saturated carbocycles. The maximum absolute atomic E-state index is 11.1. The molecule has 0 aliphatic carbocycles. The predicted molar refractivity (Wildman–Crippen MR) is 62.8 cm³/mol. The molecule has 1 N–H and O–H groups in total.